The summed E-state index contributed by atoms with van der Waals surface area (Å²) in [5.41, 5.74) is 3.77. The van der Waals surface area contributed by atoms with Crippen molar-refractivity contribution in [3.05, 3.63) is 47.4 Å². The number of rotatable bonds is 8. The lowest BCUT2D eigenvalue weighted by Crippen LogP contribution is -2.27. The molecule has 0 spiro atoms. The van der Waals surface area contributed by atoms with E-state index in [9.17, 15) is 4.79 Å². The van der Waals surface area contributed by atoms with Gasteiger partial charge in [0.1, 0.15) is 17.8 Å². The van der Waals surface area contributed by atoms with Crippen LogP contribution in [-0.2, 0) is 6.42 Å². The van der Waals surface area contributed by atoms with E-state index in [0.717, 1.165) is 30.6 Å². The summed E-state index contributed by atoms with van der Waals surface area (Å²) in [7, 11) is 4.03. The van der Waals surface area contributed by atoms with E-state index < -0.39 is 0 Å². The molecule has 1 amide bonds. The quantitative estimate of drug-likeness (QED) is 0.723. The zero-order valence-electron chi connectivity index (χ0n) is 15.5. The fraction of sp³-hybridized carbons (Fsp3) is 0.421. The molecule has 0 aliphatic carbocycles. The SMILES string of the molecule is CCc1cccc(C)c1Nc1cc(C(=O)NCCCN(C)C)ncn1. The topological polar surface area (TPSA) is 70.2 Å². The Morgan fingerprint density at radius 2 is 2.04 bits per heavy atom. The number of carbonyl (C=O) groups excluding carboxylic acids is 1. The average Bonchev–Trinajstić information content (AvgIpc) is 2.60. The maximum Gasteiger partial charge on any atom is 0.270 e. The fourth-order valence-electron chi connectivity index (χ4n) is 2.57. The zero-order chi connectivity index (χ0) is 18.2. The summed E-state index contributed by atoms with van der Waals surface area (Å²) in [6.07, 6.45) is 3.24. The molecule has 6 heteroatoms. The molecule has 0 saturated heterocycles. The van der Waals surface area contributed by atoms with Gasteiger partial charge in [-0.25, -0.2) is 9.97 Å². The van der Waals surface area contributed by atoms with Crippen molar-refractivity contribution in [1.29, 1.82) is 0 Å². The molecule has 6 nitrogen and oxygen atoms in total. The molecule has 0 fully saturated rings. The lowest BCUT2D eigenvalue weighted by Gasteiger charge is -2.14. The Morgan fingerprint density at radius 3 is 2.76 bits per heavy atom. The van der Waals surface area contributed by atoms with Crippen molar-refractivity contribution in [2.45, 2.75) is 26.7 Å². The first-order valence-electron chi connectivity index (χ1n) is 8.61. The number of hydrogen-bond acceptors (Lipinski definition) is 5. The number of nitrogens with one attached hydrogen (secondary N) is 2. The average molecular weight is 341 g/mol. The lowest BCUT2D eigenvalue weighted by atomic mass is 10.1. The molecule has 25 heavy (non-hydrogen) atoms. The van der Waals surface area contributed by atoms with Crippen LogP contribution in [0.1, 0.15) is 35.0 Å². The molecule has 1 heterocycles. The Hall–Kier alpha value is -2.47. The molecule has 0 saturated carbocycles. The van der Waals surface area contributed by atoms with Crippen LogP contribution < -0.4 is 10.6 Å². The van der Waals surface area contributed by atoms with Gasteiger partial charge in [-0.05, 0) is 51.5 Å². The summed E-state index contributed by atoms with van der Waals surface area (Å²) < 4.78 is 0. The van der Waals surface area contributed by atoms with Crippen LogP contribution in [0.4, 0.5) is 11.5 Å². The van der Waals surface area contributed by atoms with Crippen LogP contribution in [0.3, 0.4) is 0 Å². The molecule has 0 aliphatic heterocycles. The predicted molar refractivity (Wildman–Crippen MR) is 101 cm³/mol. The van der Waals surface area contributed by atoms with Gasteiger partial charge in [-0.3, -0.25) is 4.79 Å². The van der Waals surface area contributed by atoms with E-state index in [1.165, 1.54) is 11.9 Å². The van der Waals surface area contributed by atoms with Gasteiger partial charge < -0.3 is 15.5 Å². The van der Waals surface area contributed by atoms with Gasteiger partial charge >= 0.3 is 0 Å². The van der Waals surface area contributed by atoms with Crippen LogP contribution in [0, 0.1) is 6.92 Å². The molecule has 1 aromatic heterocycles. The van der Waals surface area contributed by atoms with E-state index in [-0.39, 0.29) is 5.91 Å². The zero-order valence-corrected chi connectivity index (χ0v) is 15.5. The maximum atomic E-state index is 12.2. The third-order valence-electron chi connectivity index (χ3n) is 3.96. The Labute approximate surface area is 149 Å². The molecule has 2 N–H and O–H groups in total. The van der Waals surface area contributed by atoms with Crippen molar-refractivity contribution in [3.8, 4) is 0 Å². The molecular formula is C19H27N5O. The van der Waals surface area contributed by atoms with Crippen LogP contribution in [0.2, 0.25) is 0 Å². The third-order valence-corrected chi connectivity index (χ3v) is 3.96. The van der Waals surface area contributed by atoms with Crippen molar-refractivity contribution < 1.29 is 4.79 Å². The second-order valence-corrected chi connectivity index (χ2v) is 6.29. The first-order chi connectivity index (χ1) is 12.0. The van der Waals surface area contributed by atoms with Crippen molar-refractivity contribution in [1.82, 2.24) is 20.2 Å². The summed E-state index contributed by atoms with van der Waals surface area (Å²) in [6, 6.07) is 7.88. The van der Waals surface area contributed by atoms with E-state index in [1.54, 1.807) is 6.07 Å². The number of anilines is 2. The van der Waals surface area contributed by atoms with Gasteiger partial charge in [-0.2, -0.15) is 0 Å². The van der Waals surface area contributed by atoms with E-state index in [4.69, 9.17) is 0 Å². The van der Waals surface area contributed by atoms with Crippen LogP contribution >= 0.6 is 0 Å². The Bertz CT molecular complexity index is 715. The number of carbonyl (C=O) groups is 1. The molecule has 134 valence electrons. The van der Waals surface area contributed by atoms with Crippen molar-refractivity contribution in [2.24, 2.45) is 0 Å². The van der Waals surface area contributed by atoms with Crippen molar-refractivity contribution >= 4 is 17.4 Å². The van der Waals surface area contributed by atoms with Crippen LogP contribution in [0.25, 0.3) is 0 Å². The highest BCUT2D eigenvalue weighted by atomic mass is 16.1. The highest BCUT2D eigenvalue weighted by Crippen LogP contribution is 2.24. The smallest absolute Gasteiger partial charge is 0.270 e. The van der Waals surface area contributed by atoms with Gasteiger partial charge in [-0.1, -0.05) is 25.1 Å². The first-order valence-corrected chi connectivity index (χ1v) is 8.61. The lowest BCUT2D eigenvalue weighted by molar-refractivity contribution is 0.0947. The molecule has 1 aromatic carbocycles. The van der Waals surface area contributed by atoms with Gasteiger partial charge in [0.25, 0.3) is 5.91 Å². The van der Waals surface area contributed by atoms with Crippen molar-refractivity contribution in [3.63, 3.8) is 0 Å². The second kappa shape index (κ2) is 9.13. The van der Waals surface area contributed by atoms with E-state index >= 15 is 0 Å². The summed E-state index contributed by atoms with van der Waals surface area (Å²) in [5.74, 6) is 0.446. The van der Waals surface area contributed by atoms with Gasteiger partial charge in [0.15, 0.2) is 0 Å². The van der Waals surface area contributed by atoms with Crippen LogP contribution in [0.15, 0.2) is 30.6 Å². The third kappa shape index (κ3) is 5.53. The Kier molecular flexibility index (Phi) is 6.89. The second-order valence-electron chi connectivity index (χ2n) is 6.29. The molecule has 0 bridgehead atoms. The minimum Gasteiger partial charge on any atom is -0.351 e. The normalized spacial score (nSPS) is 10.8. The highest BCUT2D eigenvalue weighted by Gasteiger charge is 2.10. The number of aryl methyl sites for hydroxylation is 2. The predicted octanol–water partition coefficient (Wildman–Crippen LogP) is 2.77. The monoisotopic (exact) mass is 341 g/mol. The van der Waals surface area contributed by atoms with Crippen molar-refractivity contribution in [2.75, 3.05) is 32.5 Å². The number of nitrogens with zero attached hydrogens (tertiary/aromatic N) is 3. The first kappa shape index (κ1) is 18.9. The van der Waals surface area contributed by atoms with E-state index in [0.29, 0.717) is 18.1 Å². The molecule has 0 atom stereocenters. The molecular weight excluding hydrogens is 314 g/mol. The molecule has 2 aromatic rings. The highest BCUT2D eigenvalue weighted by molar-refractivity contribution is 5.93. The summed E-state index contributed by atoms with van der Waals surface area (Å²) in [6.45, 7) is 5.74. The number of hydrogen-bond donors (Lipinski definition) is 2. The molecule has 0 unspecified atom stereocenters. The Balaban J connectivity index is 2.05. The molecule has 0 radical (unpaired) electrons. The van der Waals surface area contributed by atoms with Gasteiger partial charge in [0.05, 0.1) is 0 Å². The van der Waals surface area contributed by atoms with Gasteiger partial charge in [-0.15, -0.1) is 0 Å². The fourth-order valence-corrected chi connectivity index (χ4v) is 2.57. The van der Waals surface area contributed by atoms with E-state index in [2.05, 4.69) is 51.5 Å². The summed E-state index contributed by atoms with van der Waals surface area (Å²) >= 11 is 0. The van der Waals surface area contributed by atoms with E-state index in [1.807, 2.05) is 20.2 Å². The van der Waals surface area contributed by atoms with Gasteiger partial charge in [0, 0.05) is 18.3 Å². The number of amides is 1. The van der Waals surface area contributed by atoms with Crippen LogP contribution in [0.5, 0.6) is 0 Å². The van der Waals surface area contributed by atoms with Gasteiger partial charge in [0.2, 0.25) is 0 Å². The Morgan fingerprint density at radius 1 is 1.24 bits per heavy atom. The minimum atomic E-state index is -0.176. The number of benzene rings is 1. The minimum absolute atomic E-state index is 0.176. The maximum absolute atomic E-state index is 12.2. The molecule has 2 rings (SSSR count). The standard InChI is InChI=1S/C19H27N5O/c1-5-15-9-6-8-14(2)18(15)23-17-12-16(21-13-22-17)19(25)20-10-7-11-24(3)4/h6,8-9,12-13H,5,7,10-11H2,1-4H3,(H,20,25)(H,21,22,23). The summed E-state index contributed by atoms with van der Waals surface area (Å²) in [4.78, 5) is 22.7. The van der Waals surface area contributed by atoms with Crippen LogP contribution in [-0.4, -0.2) is 48.0 Å². The number of para-hydroxylation sites is 1. The largest absolute Gasteiger partial charge is 0.351 e. The number of aromatic nitrogens is 2. The summed E-state index contributed by atoms with van der Waals surface area (Å²) in [5, 5.41) is 6.23. The molecule has 0 aliphatic rings.